The number of nitrogens with zero attached hydrogens (tertiary/aromatic N) is 3. The number of thiocarbonyl (C=S) groups is 1. The van der Waals surface area contributed by atoms with Crippen LogP contribution in [0.2, 0.25) is 0 Å². The number of hydrogen-bond acceptors (Lipinski definition) is 6. The molecule has 1 amide bonds. The van der Waals surface area contributed by atoms with Gasteiger partial charge in [0.15, 0.2) is 0 Å². The van der Waals surface area contributed by atoms with Gasteiger partial charge in [-0.05, 0) is 68.0 Å². The van der Waals surface area contributed by atoms with Crippen molar-refractivity contribution in [2.75, 3.05) is 6.61 Å². The standard InChI is InChI=1S/C27H23N3O3S2/c1-3-32-23-12-11-19(14-18(23)2)25-20(16-30(28-25)21-8-5-4-6-9-21)15-24-26(31)29(27(34)35-24)17-22-10-7-13-33-22/h4-16H,3,17H2,1-2H3/b24-15-. The molecule has 4 aromatic rings. The Morgan fingerprint density at radius 3 is 2.69 bits per heavy atom. The summed E-state index contributed by atoms with van der Waals surface area (Å²) < 4.78 is 13.5. The number of furan rings is 1. The molecule has 2 aromatic heterocycles. The van der Waals surface area contributed by atoms with E-state index in [0.717, 1.165) is 33.8 Å². The summed E-state index contributed by atoms with van der Waals surface area (Å²) in [7, 11) is 0. The molecule has 35 heavy (non-hydrogen) atoms. The SMILES string of the molecule is CCOc1ccc(-c2nn(-c3ccccc3)cc2/C=C2\SC(=S)N(Cc3ccco3)C2=O)cc1C. The fourth-order valence-electron chi connectivity index (χ4n) is 3.88. The van der Waals surface area contributed by atoms with Gasteiger partial charge in [-0.15, -0.1) is 0 Å². The molecule has 0 radical (unpaired) electrons. The molecule has 0 spiro atoms. The highest BCUT2D eigenvalue weighted by molar-refractivity contribution is 8.26. The lowest BCUT2D eigenvalue weighted by Crippen LogP contribution is -2.27. The topological polar surface area (TPSA) is 60.5 Å². The van der Waals surface area contributed by atoms with Crippen LogP contribution < -0.4 is 4.74 Å². The van der Waals surface area contributed by atoms with Crippen LogP contribution >= 0.6 is 24.0 Å². The maximum absolute atomic E-state index is 13.2. The first kappa shape index (κ1) is 23.1. The zero-order valence-corrected chi connectivity index (χ0v) is 20.9. The Morgan fingerprint density at radius 2 is 1.97 bits per heavy atom. The van der Waals surface area contributed by atoms with E-state index in [-0.39, 0.29) is 5.91 Å². The molecule has 5 rings (SSSR count). The van der Waals surface area contributed by atoms with Crippen molar-refractivity contribution in [2.24, 2.45) is 0 Å². The van der Waals surface area contributed by atoms with Gasteiger partial charge in [-0.2, -0.15) is 5.10 Å². The number of rotatable bonds is 7. The zero-order chi connectivity index (χ0) is 24.4. The molecular weight excluding hydrogens is 478 g/mol. The molecule has 0 atom stereocenters. The number of aryl methyl sites for hydroxylation is 1. The van der Waals surface area contributed by atoms with E-state index in [1.54, 1.807) is 17.2 Å². The Morgan fingerprint density at radius 1 is 1.14 bits per heavy atom. The van der Waals surface area contributed by atoms with Gasteiger partial charge in [-0.1, -0.05) is 42.2 Å². The second kappa shape index (κ2) is 9.93. The minimum Gasteiger partial charge on any atom is -0.494 e. The number of para-hydroxylation sites is 1. The van der Waals surface area contributed by atoms with Gasteiger partial charge in [-0.25, -0.2) is 4.68 Å². The number of carbonyl (C=O) groups excluding carboxylic acids is 1. The van der Waals surface area contributed by atoms with Gasteiger partial charge < -0.3 is 9.15 Å². The number of thioether (sulfide) groups is 1. The van der Waals surface area contributed by atoms with Crippen LogP contribution in [0.15, 0.2) is 82.4 Å². The van der Waals surface area contributed by atoms with E-state index in [4.69, 9.17) is 26.5 Å². The van der Waals surface area contributed by atoms with Crippen LogP contribution in [0.25, 0.3) is 23.0 Å². The number of aromatic nitrogens is 2. The molecule has 8 heteroatoms. The zero-order valence-electron chi connectivity index (χ0n) is 19.3. The van der Waals surface area contributed by atoms with Crippen LogP contribution in [0.5, 0.6) is 5.75 Å². The molecule has 1 aliphatic rings. The molecule has 0 unspecified atom stereocenters. The number of ether oxygens (including phenoxy) is 1. The summed E-state index contributed by atoms with van der Waals surface area (Å²) >= 11 is 6.79. The van der Waals surface area contributed by atoms with E-state index in [1.165, 1.54) is 11.8 Å². The van der Waals surface area contributed by atoms with E-state index in [0.29, 0.717) is 28.1 Å². The van der Waals surface area contributed by atoms with Crippen LogP contribution in [-0.2, 0) is 11.3 Å². The molecule has 176 valence electrons. The highest BCUT2D eigenvalue weighted by Crippen LogP contribution is 2.36. The van der Waals surface area contributed by atoms with Gasteiger partial charge in [0.25, 0.3) is 5.91 Å². The first-order valence-electron chi connectivity index (χ1n) is 11.2. The summed E-state index contributed by atoms with van der Waals surface area (Å²) in [4.78, 5) is 15.3. The Balaban J connectivity index is 1.54. The van der Waals surface area contributed by atoms with E-state index >= 15 is 0 Å². The summed E-state index contributed by atoms with van der Waals surface area (Å²) in [6, 6.07) is 19.5. The highest BCUT2D eigenvalue weighted by atomic mass is 32.2. The van der Waals surface area contributed by atoms with Crippen LogP contribution in [-0.4, -0.2) is 31.5 Å². The molecule has 0 N–H and O–H groups in total. The van der Waals surface area contributed by atoms with Crippen LogP contribution in [0.3, 0.4) is 0 Å². The predicted octanol–water partition coefficient (Wildman–Crippen LogP) is 6.24. The lowest BCUT2D eigenvalue weighted by Gasteiger charge is -2.12. The van der Waals surface area contributed by atoms with Gasteiger partial charge in [0.05, 0.1) is 30.0 Å². The summed E-state index contributed by atoms with van der Waals surface area (Å²) in [5, 5.41) is 4.88. The third kappa shape index (κ3) is 4.80. The maximum Gasteiger partial charge on any atom is 0.266 e. The van der Waals surface area contributed by atoms with Crippen molar-refractivity contribution >= 4 is 40.3 Å². The molecule has 0 aliphatic carbocycles. The first-order chi connectivity index (χ1) is 17.0. The largest absolute Gasteiger partial charge is 0.494 e. The van der Waals surface area contributed by atoms with Gasteiger partial charge in [-0.3, -0.25) is 9.69 Å². The fraction of sp³-hybridized carbons (Fsp3) is 0.148. The quantitative estimate of drug-likeness (QED) is 0.221. The average Bonchev–Trinajstić information content (AvgIpc) is 3.59. The second-order valence-corrected chi connectivity index (χ2v) is 9.65. The molecule has 1 saturated heterocycles. The molecular formula is C27H23N3O3S2. The van der Waals surface area contributed by atoms with Crippen molar-refractivity contribution in [2.45, 2.75) is 20.4 Å². The molecule has 0 bridgehead atoms. The lowest BCUT2D eigenvalue weighted by molar-refractivity contribution is -0.122. The minimum absolute atomic E-state index is 0.141. The maximum atomic E-state index is 13.2. The third-order valence-corrected chi connectivity index (χ3v) is 6.94. The Kier molecular flexibility index (Phi) is 6.57. The van der Waals surface area contributed by atoms with Gasteiger partial charge in [0, 0.05) is 17.3 Å². The van der Waals surface area contributed by atoms with Gasteiger partial charge in [0.2, 0.25) is 0 Å². The average molecular weight is 502 g/mol. The summed E-state index contributed by atoms with van der Waals surface area (Å²) in [5.41, 5.74) is 4.50. The summed E-state index contributed by atoms with van der Waals surface area (Å²) in [5.74, 6) is 1.39. The molecule has 1 fully saturated rings. The number of amides is 1. The fourth-order valence-corrected chi connectivity index (χ4v) is 5.13. The van der Waals surface area contributed by atoms with Gasteiger partial charge in [0.1, 0.15) is 21.5 Å². The van der Waals surface area contributed by atoms with Crippen molar-refractivity contribution in [3.63, 3.8) is 0 Å². The van der Waals surface area contributed by atoms with Crippen LogP contribution in [0.1, 0.15) is 23.8 Å². The monoisotopic (exact) mass is 501 g/mol. The van der Waals surface area contributed by atoms with Crippen molar-refractivity contribution < 1.29 is 13.9 Å². The van der Waals surface area contributed by atoms with E-state index in [9.17, 15) is 4.79 Å². The number of benzene rings is 2. The molecule has 6 nitrogen and oxygen atoms in total. The Hall–Kier alpha value is -3.62. The van der Waals surface area contributed by atoms with Crippen molar-refractivity contribution in [3.8, 4) is 22.7 Å². The minimum atomic E-state index is -0.141. The van der Waals surface area contributed by atoms with E-state index < -0.39 is 0 Å². The van der Waals surface area contributed by atoms with Crippen molar-refractivity contribution in [1.29, 1.82) is 0 Å². The molecule has 1 aliphatic heterocycles. The Bertz CT molecular complexity index is 1410. The number of hydrogen-bond donors (Lipinski definition) is 0. The second-order valence-electron chi connectivity index (χ2n) is 7.97. The Labute approximate surface area is 213 Å². The van der Waals surface area contributed by atoms with E-state index in [1.807, 2.05) is 79.3 Å². The smallest absolute Gasteiger partial charge is 0.266 e. The van der Waals surface area contributed by atoms with Crippen LogP contribution in [0.4, 0.5) is 0 Å². The van der Waals surface area contributed by atoms with Crippen LogP contribution in [0, 0.1) is 6.92 Å². The first-order valence-corrected chi connectivity index (χ1v) is 12.4. The highest BCUT2D eigenvalue weighted by Gasteiger charge is 2.33. The third-order valence-electron chi connectivity index (χ3n) is 5.57. The molecule has 3 heterocycles. The predicted molar refractivity (Wildman–Crippen MR) is 142 cm³/mol. The van der Waals surface area contributed by atoms with E-state index in [2.05, 4.69) is 6.07 Å². The van der Waals surface area contributed by atoms with Crippen molar-refractivity contribution in [3.05, 3.63) is 94.9 Å². The summed E-state index contributed by atoms with van der Waals surface area (Å²) in [6.07, 6.45) is 5.40. The molecule has 2 aromatic carbocycles. The molecule has 0 saturated carbocycles. The lowest BCUT2D eigenvalue weighted by atomic mass is 10.0. The number of carbonyl (C=O) groups is 1. The normalized spacial score (nSPS) is 14.8. The van der Waals surface area contributed by atoms with Crippen molar-refractivity contribution in [1.82, 2.24) is 14.7 Å². The summed E-state index contributed by atoms with van der Waals surface area (Å²) in [6.45, 7) is 4.90. The van der Waals surface area contributed by atoms with Gasteiger partial charge >= 0.3 is 0 Å².